The molecule has 1 aromatic heterocycles. The minimum absolute atomic E-state index is 0.00808. The number of rotatable bonds is 5. The monoisotopic (exact) mass is 386 g/mol. The second-order valence-electron chi connectivity index (χ2n) is 8.26. The Kier molecular flexibility index (Phi) is 5.69. The topological polar surface area (TPSA) is 53.3 Å². The van der Waals surface area contributed by atoms with Crippen LogP contribution in [0.2, 0.25) is 0 Å². The van der Waals surface area contributed by atoms with Crippen molar-refractivity contribution < 1.29 is 9.50 Å². The number of piperidine rings is 1. The molecule has 0 amide bonds. The summed E-state index contributed by atoms with van der Waals surface area (Å²) < 4.78 is 16.3. The molecule has 4 rings (SSSR count). The fourth-order valence-electron chi connectivity index (χ4n) is 4.46. The Morgan fingerprint density at radius 1 is 1.14 bits per heavy atom. The quantitative estimate of drug-likeness (QED) is 0.822. The molecule has 6 heteroatoms. The van der Waals surface area contributed by atoms with Crippen molar-refractivity contribution in [2.45, 2.75) is 70.7 Å². The summed E-state index contributed by atoms with van der Waals surface area (Å²) in [6, 6.07) is 5.13. The minimum atomic E-state index is -0.220. The van der Waals surface area contributed by atoms with Crippen LogP contribution >= 0.6 is 0 Å². The Bertz CT molecular complexity index is 789. The van der Waals surface area contributed by atoms with Gasteiger partial charge in [-0.1, -0.05) is 0 Å². The highest BCUT2D eigenvalue weighted by atomic mass is 19.1. The highest BCUT2D eigenvalue weighted by Crippen LogP contribution is 2.31. The maximum Gasteiger partial charge on any atom is 0.123 e. The van der Waals surface area contributed by atoms with Crippen LogP contribution in [0.5, 0.6) is 0 Å². The third-order valence-corrected chi connectivity index (χ3v) is 6.13. The number of imidazole rings is 1. The predicted octanol–water partition coefficient (Wildman–Crippen LogP) is 3.73. The van der Waals surface area contributed by atoms with Gasteiger partial charge in [-0.05, 0) is 63.3 Å². The summed E-state index contributed by atoms with van der Waals surface area (Å²) in [7, 11) is 0. The van der Waals surface area contributed by atoms with Crippen LogP contribution in [-0.4, -0.2) is 33.9 Å². The molecule has 0 bridgehead atoms. The molecule has 0 spiro atoms. The second kappa shape index (κ2) is 8.21. The Morgan fingerprint density at radius 3 is 2.68 bits per heavy atom. The van der Waals surface area contributed by atoms with Crippen LogP contribution in [0.15, 0.2) is 24.4 Å². The van der Waals surface area contributed by atoms with Crippen molar-refractivity contribution in [3.05, 3.63) is 47.3 Å². The van der Waals surface area contributed by atoms with E-state index < -0.39 is 0 Å². The van der Waals surface area contributed by atoms with E-state index in [0.717, 1.165) is 55.8 Å². The summed E-state index contributed by atoms with van der Waals surface area (Å²) in [6.45, 7) is 6.87. The van der Waals surface area contributed by atoms with Crippen molar-refractivity contribution in [1.29, 1.82) is 0 Å². The van der Waals surface area contributed by atoms with Gasteiger partial charge in [0.1, 0.15) is 11.6 Å². The number of nitrogens with one attached hydrogen (secondary N) is 1. The molecule has 1 saturated heterocycles. The predicted molar refractivity (Wildman–Crippen MR) is 109 cm³/mol. The van der Waals surface area contributed by atoms with Crippen LogP contribution in [0.1, 0.15) is 68.7 Å². The van der Waals surface area contributed by atoms with Crippen LogP contribution < -0.4 is 10.2 Å². The van der Waals surface area contributed by atoms with Crippen LogP contribution in [0.3, 0.4) is 0 Å². The molecule has 2 N–H and O–H groups in total. The van der Waals surface area contributed by atoms with E-state index in [1.165, 1.54) is 24.7 Å². The number of aryl methyl sites for hydroxylation is 2. The molecule has 1 fully saturated rings. The van der Waals surface area contributed by atoms with Gasteiger partial charge in [0.15, 0.2) is 0 Å². The number of aliphatic hydroxyl groups excluding tert-OH is 1. The summed E-state index contributed by atoms with van der Waals surface area (Å²) >= 11 is 0. The zero-order valence-corrected chi connectivity index (χ0v) is 16.9. The average molecular weight is 387 g/mol. The number of hydrogen-bond donors (Lipinski definition) is 2. The fourth-order valence-corrected chi connectivity index (χ4v) is 4.46. The van der Waals surface area contributed by atoms with Crippen molar-refractivity contribution in [3.63, 3.8) is 0 Å². The van der Waals surface area contributed by atoms with Crippen molar-refractivity contribution in [3.8, 4) is 0 Å². The molecule has 28 heavy (non-hydrogen) atoms. The molecule has 0 aliphatic carbocycles. The Labute approximate surface area is 166 Å². The van der Waals surface area contributed by atoms with Gasteiger partial charge in [-0.2, -0.15) is 0 Å². The number of aliphatic hydroxyl groups is 1. The molecule has 152 valence electrons. The Balaban J connectivity index is 1.51. The first-order chi connectivity index (χ1) is 13.5. The zero-order valence-electron chi connectivity index (χ0n) is 16.9. The average Bonchev–Trinajstić information content (AvgIpc) is 3.13. The van der Waals surface area contributed by atoms with Crippen molar-refractivity contribution in [2.75, 3.05) is 18.0 Å². The lowest BCUT2D eigenvalue weighted by atomic mass is 10.0. The molecule has 2 aliphatic heterocycles. The van der Waals surface area contributed by atoms with E-state index in [0.29, 0.717) is 0 Å². The molecule has 0 radical (unpaired) electrons. The van der Waals surface area contributed by atoms with E-state index in [1.54, 1.807) is 6.07 Å². The molecule has 1 aromatic carbocycles. The van der Waals surface area contributed by atoms with Gasteiger partial charge in [0, 0.05) is 50.0 Å². The lowest BCUT2D eigenvalue weighted by molar-refractivity contribution is 0.145. The van der Waals surface area contributed by atoms with Crippen LogP contribution in [-0.2, 0) is 13.0 Å². The first-order valence-corrected chi connectivity index (χ1v) is 10.6. The van der Waals surface area contributed by atoms with E-state index in [1.807, 2.05) is 6.07 Å². The van der Waals surface area contributed by atoms with Gasteiger partial charge in [0.05, 0.1) is 11.8 Å². The lowest BCUT2D eigenvalue weighted by Crippen LogP contribution is -2.37. The first-order valence-electron chi connectivity index (χ1n) is 10.6. The summed E-state index contributed by atoms with van der Waals surface area (Å²) in [5, 5.41) is 13.4. The van der Waals surface area contributed by atoms with E-state index in [-0.39, 0.29) is 24.0 Å². The van der Waals surface area contributed by atoms with Gasteiger partial charge in [0.25, 0.3) is 0 Å². The summed E-state index contributed by atoms with van der Waals surface area (Å²) in [4.78, 5) is 7.09. The molecule has 5 nitrogen and oxygen atoms in total. The van der Waals surface area contributed by atoms with Crippen molar-refractivity contribution >= 4 is 5.69 Å². The maximum absolute atomic E-state index is 14.0. The normalized spacial score (nSPS) is 20.1. The van der Waals surface area contributed by atoms with Crippen LogP contribution in [0, 0.1) is 5.82 Å². The van der Waals surface area contributed by atoms with Gasteiger partial charge >= 0.3 is 0 Å². The van der Waals surface area contributed by atoms with E-state index in [9.17, 15) is 9.50 Å². The van der Waals surface area contributed by atoms with E-state index in [4.69, 9.17) is 4.98 Å². The lowest BCUT2D eigenvalue weighted by Gasteiger charge is -2.34. The van der Waals surface area contributed by atoms with Gasteiger partial charge in [-0.15, -0.1) is 0 Å². The molecule has 2 unspecified atom stereocenters. The second-order valence-corrected chi connectivity index (χ2v) is 8.26. The molecule has 3 heterocycles. The number of hydrogen-bond acceptors (Lipinski definition) is 4. The Hall–Kier alpha value is -1.92. The van der Waals surface area contributed by atoms with E-state index in [2.05, 4.69) is 34.8 Å². The summed E-state index contributed by atoms with van der Waals surface area (Å²) in [5.41, 5.74) is 3.08. The molecule has 0 saturated carbocycles. The smallest absolute Gasteiger partial charge is 0.123 e. The van der Waals surface area contributed by atoms with Gasteiger partial charge in [0.2, 0.25) is 0 Å². The number of benzene rings is 1. The molecular weight excluding hydrogens is 355 g/mol. The summed E-state index contributed by atoms with van der Waals surface area (Å²) in [6.07, 6.45) is 6.95. The fraction of sp³-hybridized carbons (Fsp3) is 0.591. The van der Waals surface area contributed by atoms with Gasteiger partial charge in [-0.25, -0.2) is 9.37 Å². The molecule has 2 aromatic rings. The number of nitrogens with zero attached hydrogens (tertiary/aromatic N) is 3. The third-order valence-electron chi connectivity index (χ3n) is 6.13. The highest BCUT2D eigenvalue weighted by molar-refractivity contribution is 5.55. The number of anilines is 1. The summed E-state index contributed by atoms with van der Waals surface area (Å²) in [5.74, 6) is 0.968. The minimum Gasteiger partial charge on any atom is -0.393 e. The third kappa shape index (κ3) is 4.08. The van der Waals surface area contributed by atoms with Crippen LogP contribution in [0.25, 0.3) is 0 Å². The maximum atomic E-state index is 14.0. The van der Waals surface area contributed by atoms with Crippen molar-refractivity contribution in [1.82, 2.24) is 14.9 Å². The SMILES string of the molecule is CC(NC(C)c1cc(F)ccc1N1CCC(O)CC1)c1cn2c(n1)CCCC2. The standard InChI is InChI=1S/C22H31FN4O/c1-15(24-16(2)20-14-27-10-4-3-5-22(27)25-20)19-13-17(23)6-7-21(19)26-11-8-18(28)9-12-26/h6-7,13-16,18,24,28H,3-5,8-12H2,1-2H3. The van der Waals surface area contributed by atoms with Gasteiger partial charge < -0.3 is 19.9 Å². The molecular formula is C22H31FN4O. The number of fused-ring (bicyclic) bond motifs is 1. The largest absolute Gasteiger partial charge is 0.393 e. The van der Waals surface area contributed by atoms with E-state index >= 15 is 0 Å². The van der Waals surface area contributed by atoms with Gasteiger partial charge in [-0.3, -0.25) is 0 Å². The molecule has 2 aliphatic rings. The Morgan fingerprint density at radius 2 is 1.93 bits per heavy atom. The number of aromatic nitrogens is 2. The van der Waals surface area contributed by atoms with Crippen LogP contribution in [0.4, 0.5) is 10.1 Å². The number of halogens is 1. The zero-order chi connectivity index (χ0) is 19.7. The highest BCUT2D eigenvalue weighted by Gasteiger charge is 2.23. The first kappa shape index (κ1) is 19.4. The van der Waals surface area contributed by atoms with Crippen molar-refractivity contribution in [2.24, 2.45) is 0 Å². The molecule has 2 atom stereocenters.